The number of piperidine rings is 1. The number of likely N-dealkylation sites (N-methyl/N-ethyl adjacent to an activating group) is 1. The van der Waals surface area contributed by atoms with Gasteiger partial charge in [-0.25, -0.2) is 9.97 Å². The summed E-state index contributed by atoms with van der Waals surface area (Å²) in [6.45, 7) is 2.16. The van der Waals surface area contributed by atoms with Gasteiger partial charge in [-0.2, -0.15) is 0 Å². The van der Waals surface area contributed by atoms with Crippen LogP contribution in [0.5, 0.6) is 0 Å². The van der Waals surface area contributed by atoms with Gasteiger partial charge in [-0.3, -0.25) is 0 Å². The summed E-state index contributed by atoms with van der Waals surface area (Å²) in [5.74, 6) is 1.58. The lowest BCUT2D eigenvalue weighted by molar-refractivity contribution is 0.402. The summed E-state index contributed by atoms with van der Waals surface area (Å²) in [6, 6.07) is 0.591. The zero-order valence-corrected chi connectivity index (χ0v) is 11.8. The first-order chi connectivity index (χ1) is 9.33. The van der Waals surface area contributed by atoms with E-state index >= 15 is 0 Å². The molecule has 1 aromatic rings. The first-order valence-corrected chi connectivity index (χ1v) is 7.59. The van der Waals surface area contributed by atoms with Crippen molar-refractivity contribution in [2.24, 2.45) is 0 Å². The highest BCUT2D eigenvalue weighted by atomic mass is 15.2. The number of nitrogens with one attached hydrogen (secondary N) is 1. The normalized spacial score (nSPS) is 23.9. The molecular weight excluding hydrogens is 236 g/mol. The molecule has 1 aromatic heterocycles. The van der Waals surface area contributed by atoms with Crippen LogP contribution >= 0.6 is 0 Å². The Kier molecular flexibility index (Phi) is 3.97. The molecule has 0 amide bonds. The van der Waals surface area contributed by atoms with Crippen LogP contribution in [0.2, 0.25) is 0 Å². The predicted molar refractivity (Wildman–Crippen MR) is 77.5 cm³/mol. The van der Waals surface area contributed by atoms with Crippen molar-refractivity contribution in [3.05, 3.63) is 18.0 Å². The van der Waals surface area contributed by atoms with E-state index in [0.717, 1.165) is 25.0 Å². The monoisotopic (exact) mass is 260 g/mol. The van der Waals surface area contributed by atoms with Gasteiger partial charge in [-0.15, -0.1) is 0 Å². The third-order valence-electron chi connectivity index (χ3n) is 4.48. The lowest BCUT2D eigenvalue weighted by atomic mass is 9.81. The number of anilines is 1. The van der Waals surface area contributed by atoms with Crippen molar-refractivity contribution in [2.75, 3.05) is 25.0 Å². The molecule has 19 heavy (non-hydrogen) atoms. The van der Waals surface area contributed by atoms with E-state index in [2.05, 4.69) is 27.2 Å². The summed E-state index contributed by atoms with van der Waals surface area (Å²) in [7, 11) is 2.09. The molecule has 1 aliphatic heterocycles. The fourth-order valence-corrected chi connectivity index (χ4v) is 2.97. The second kappa shape index (κ2) is 5.87. The standard InChI is InChI=1S/C15H24N4/c1-19(11-14-7-2-3-8-16-14)15-17-9-13(10-18-15)12-5-4-6-12/h9-10,12,14,16H,2-8,11H2,1H3. The predicted octanol–water partition coefficient (Wildman–Crippen LogP) is 2.32. The van der Waals surface area contributed by atoms with Crippen molar-refractivity contribution in [3.63, 3.8) is 0 Å². The zero-order valence-electron chi connectivity index (χ0n) is 11.8. The van der Waals surface area contributed by atoms with E-state index in [1.807, 2.05) is 12.4 Å². The number of rotatable bonds is 4. The van der Waals surface area contributed by atoms with E-state index in [1.54, 1.807) is 0 Å². The minimum atomic E-state index is 0.591. The van der Waals surface area contributed by atoms with Crippen molar-refractivity contribution >= 4 is 5.95 Å². The summed E-state index contributed by atoms with van der Waals surface area (Å²) < 4.78 is 0. The van der Waals surface area contributed by atoms with Gasteiger partial charge in [0.25, 0.3) is 0 Å². The van der Waals surface area contributed by atoms with Crippen molar-refractivity contribution < 1.29 is 0 Å². The fourth-order valence-electron chi connectivity index (χ4n) is 2.97. The van der Waals surface area contributed by atoms with Crippen LogP contribution < -0.4 is 10.2 Å². The Morgan fingerprint density at radius 1 is 1.16 bits per heavy atom. The third kappa shape index (κ3) is 3.06. The Bertz CT molecular complexity index is 393. The largest absolute Gasteiger partial charge is 0.342 e. The maximum atomic E-state index is 4.53. The van der Waals surface area contributed by atoms with Crippen LogP contribution in [0, 0.1) is 0 Å². The second-order valence-electron chi connectivity index (χ2n) is 5.97. The summed E-state index contributed by atoms with van der Waals surface area (Å²) in [5.41, 5.74) is 1.32. The summed E-state index contributed by atoms with van der Waals surface area (Å²) in [5, 5.41) is 3.57. The molecule has 0 spiro atoms. The number of aromatic nitrogens is 2. The first kappa shape index (κ1) is 12.9. The first-order valence-electron chi connectivity index (χ1n) is 7.59. The Morgan fingerprint density at radius 2 is 1.95 bits per heavy atom. The van der Waals surface area contributed by atoms with E-state index in [0.29, 0.717) is 6.04 Å². The minimum Gasteiger partial charge on any atom is -0.342 e. The molecule has 1 saturated heterocycles. The molecule has 4 nitrogen and oxygen atoms in total. The van der Waals surface area contributed by atoms with E-state index in [-0.39, 0.29) is 0 Å². The van der Waals surface area contributed by atoms with Gasteiger partial charge < -0.3 is 10.2 Å². The summed E-state index contributed by atoms with van der Waals surface area (Å²) in [6.07, 6.45) is 12.0. The second-order valence-corrected chi connectivity index (χ2v) is 5.97. The molecule has 2 aliphatic rings. The molecule has 1 N–H and O–H groups in total. The Labute approximate surface area is 115 Å². The Balaban J connectivity index is 1.57. The van der Waals surface area contributed by atoms with Crippen LogP contribution in [0.15, 0.2) is 12.4 Å². The van der Waals surface area contributed by atoms with Crippen LogP contribution in [-0.4, -0.2) is 36.1 Å². The minimum absolute atomic E-state index is 0.591. The molecular formula is C15H24N4. The Morgan fingerprint density at radius 3 is 2.53 bits per heavy atom. The maximum Gasteiger partial charge on any atom is 0.225 e. The lowest BCUT2D eigenvalue weighted by Crippen LogP contribution is -2.42. The van der Waals surface area contributed by atoms with Crippen LogP contribution in [-0.2, 0) is 0 Å². The molecule has 1 aliphatic carbocycles. The molecule has 1 atom stereocenters. The van der Waals surface area contributed by atoms with Crippen molar-refractivity contribution in [3.8, 4) is 0 Å². The quantitative estimate of drug-likeness (QED) is 0.902. The highest BCUT2D eigenvalue weighted by Gasteiger charge is 2.21. The van der Waals surface area contributed by atoms with Gasteiger partial charge >= 0.3 is 0 Å². The van der Waals surface area contributed by atoms with Gasteiger partial charge in [-0.1, -0.05) is 12.8 Å². The zero-order chi connectivity index (χ0) is 13.1. The van der Waals surface area contributed by atoms with Crippen LogP contribution in [0.4, 0.5) is 5.95 Å². The summed E-state index contributed by atoms with van der Waals surface area (Å²) in [4.78, 5) is 11.2. The highest BCUT2D eigenvalue weighted by molar-refractivity contribution is 5.30. The van der Waals surface area contributed by atoms with Gasteiger partial charge in [0.15, 0.2) is 0 Å². The number of hydrogen-bond acceptors (Lipinski definition) is 4. The average molecular weight is 260 g/mol. The molecule has 0 radical (unpaired) electrons. The van der Waals surface area contributed by atoms with Gasteiger partial charge in [0.2, 0.25) is 5.95 Å². The maximum absolute atomic E-state index is 4.53. The SMILES string of the molecule is CN(CC1CCCCN1)c1ncc(C2CCC2)cn1. The third-order valence-corrected chi connectivity index (χ3v) is 4.48. The van der Waals surface area contributed by atoms with E-state index in [4.69, 9.17) is 0 Å². The number of nitrogens with zero attached hydrogens (tertiary/aromatic N) is 3. The average Bonchev–Trinajstić information content (AvgIpc) is 2.39. The molecule has 3 rings (SSSR count). The molecule has 0 bridgehead atoms. The van der Waals surface area contributed by atoms with Crippen molar-refractivity contribution in [1.82, 2.24) is 15.3 Å². The molecule has 2 fully saturated rings. The van der Waals surface area contributed by atoms with Crippen molar-refractivity contribution in [2.45, 2.75) is 50.5 Å². The molecule has 0 aromatic carbocycles. The van der Waals surface area contributed by atoms with Crippen LogP contribution in [0.1, 0.15) is 50.0 Å². The lowest BCUT2D eigenvalue weighted by Gasteiger charge is -2.29. The van der Waals surface area contributed by atoms with Crippen LogP contribution in [0.3, 0.4) is 0 Å². The van der Waals surface area contributed by atoms with Gasteiger partial charge in [0.05, 0.1) is 0 Å². The van der Waals surface area contributed by atoms with E-state index in [9.17, 15) is 0 Å². The molecule has 4 heteroatoms. The smallest absolute Gasteiger partial charge is 0.225 e. The molecule has 104 valence electrons. The molecule has 2 heterocycles. The molecule has 1 unspecified atom stereocenters. The van der Waals surface area contributed by atoms with E-state index < -0.39 is 0 Å². The molecule has 1 saturated carbocycles. The van der Waals surface area contributed by atoms with Gasteiger partial charge in [-0.05, 0) is 43.7 Å². The van der Waals surface area contributed by atoms with Gasteiger partial charge in [0.1, 0.15) is 0 Å². The number of hydrogen-bond donors (Lipinski definition) is 1. The van der Waals surface area contributed by atoms with Crippen LogP contribution in [0.25, 0.3) is 0 Å². The van der Waals surface area contributed by atoms with Crippen molar-refractivity contribution in [1.29, 1.82) is 0 Å². The topological polar surface area (TPSA) is 41.0 Å². The summed E-state index contributed by atoms with van der Waals surface area (Å²) >= 11 is 0. The van der Waals surface area contributed by atoms with Gasteiger partial charge in [0, 0.05) is 32.0 Å². The Hall–Kier alpha value is -1.16. The van der Waals surface area contributed by atoms with E-state index in [1.165, 1.54) is 44.1 Å². The fraction of sp³-hybridized carbons (Fsp3) is 0.733. The highest BCUT2D eigenvalue weighted by Crippen LogP contribution is 2.35.